The lowest BCUT2D eigenvalue weighted by molar-refractivity contribution is -0.142. The van der Waals surface area contributed by atoms with E-state index in [0.717, 1.165) is 6.20 Å². The van der Waals surface area contributed by atoms with E-state index in [1.165, 1.54) is 16.4 Å². The number of aryl methyl sites for hydroxylation is 1. The summed E-state index contributed by atoms with van der Waals surface area (Å²) in [6.45, 7) is 0.900. The van der Waals surface area contributed by atoms with Crippen molar-refractivity contribution in [1.82, 2.24) is 29.4 Å². The topological polar surface area (TPSA) is 88.8 Å². The fourth-order valence-electron chi connectivity index (χ4n) is 2.51. The quantitative estimate of drug-likeness (QED) is 0.857. The van der Waals surface area contributed by atoms with E-state index in [-0.39, 0.29) is 36.6 Å². The molecule has 0 atom stereocenters. The van der Waals surface area contributed by atoms with Gasteiger partial charge in [0.1, 0.15) is 6.54 Å². The van der Waals surface area contributed by atoms with Crippen LogP contribution in [0.3, 0.4) is 0 Å². The lowest BCUT2D eigenvalue weighted by Crippen LogP contribution is -2.40. The number of alkyl halides is 3. The molecule has 0 saturated heterocycles. The predicted octanol–water partition coefficient (Wildman–Crippen LogP) is 0.295. The van der Waals surface area contributed by atoms with Gasteiger partial charge >= 0.3 is 11.9 Å². The van der Waals surface area contributed by atoms with Gasteiger partial charge in [-0.2, -0.15) is 23.4 Å². The number of H-pyrrole nitrogens is 1. The number of nitrogens with zero attached hydrogens (tertiary/aromatic N) is 5. The molecule has 124 valence electrons. The van der Waals surface area contributed by atoms with E-state index in [1.807, 2.05) is 0 Å². The first-order valence-electron chi connectivity index (χ1n) is 6.79. The Hall–Kier alpha value is -2.59. The second-order valence-corrected chi connectivity index (χ2v) is 5.26. The fraction of sp³-hybridized carbons (Fsp3) is 0.500. The number of rotatable bonds is 2. The number of carbonyl (C=O) groups is 1. The Bertz CT molecular complexity index is 803. The van der Waals surface area contributed by atoms with Crippen molar-refractivity contribution in [2.24, 2.45) is 0 Å². The first kappa shape index (κ1) is 15.3. The number of hydrogen-bond acceptors (Lipinski definition) is 4. The molecule has 11 heteroatoms. The van der Waals surface area contributed by atoms with E-state index in [2.05, 4.69) is 15.3 Å². The van der Waals surface area contributed by atoms with Gasteiger partial charge in [-0.05, 0) is 6.92 Å². The molecule has 0 bridgehead atoms. The van der Waals surface area contributed by atoms with Crippen LogP contribution in [0.5, 0.6) is 0 Å². The first-order chi connectivity index (χ1) is 10.7. The Labute approximate surface area is 127 Å². The smallest absolute Gasteiger partial charge is 0.329 e. The maximum atomic E-state index is 12.5. The molecule has 1 aliphatic rings. The molecule has 2 aromatic rings. The molecule has 23 heavy (non-hydrogen) atoms. The summed E-state index contributed by atoms with van der Waals surface area (Å²) < 4.78 is 39.3. The van der Waals surface area contributed by atoms with Gasteiger partial charge in [0, 0.05) is 19.3 Å². The molecule has 1 amide bonds. The molecule has 1 N–H and O–H groups in total. The van der Waals surface area contributed by atoms with E-state index in [4.69, 9.17) is 0 Å². The highest BCUT2D eigenvalue weighted by molar-refractivity contribution is 5.95. The molecule has 0 radical (unpaired) electrons. The molecular formula is C12H13F3N6O2. The third-order valence-corrected chi connectivity index (χ3v) is 3.57. The molecule has 0 fully saturated rings. The van der Waals surface area contributed by atoms with Crippen LogP contribution in [-0.4, -0.2) is 48.1 Å². The van der Waals surface area contributed by atoms with Gasteiger partial charge in [-0.3, -0.25) is 14.0 Å². The third-order valence-electron chi connectivity index (χ3n) is 3.57. The molecule has 1 aliphatic heterocycles. The second-order valence-electron chi connectivity index (χ2n) is 5.26. The number of fused-ring (bicyclic) bond motifs is 1. The zero-order valence-corrected chi connectivity index (χ0v) is 12.1. The van der Waals surface area contributed by atoms with E-state index >= 15 is 0 Å². The molecule has 8 nitrogen and oxygen atoms in total. The zero-order valence-electron chi connectivity index (χ0n) is 12.1. The van der Waals surface area contributed by atoms with Crippen molar-refractivity contribution in [3.8, 4) is 0 Å². The normalized spacial score (nSPS) is 14.9. The number of aromatic nitrogens is 5. The lowest BCUT2D eigenvalue weighted by atomic mass is 10.2. The first-order valence-corrected chi connectivity index (χ1v) is 6.79. The Balaban J connectivity index is 1.80. The Morgan fingerprint density at radius 2 is 2.13 bits per heavy atom. The summed E-state index contributed by atoms with van der Waals surface area (Å²) in [5, 5.41) is 9.85. The van der Waals surface area contributed by atoms with E-state index in [0.29, 0.717) is 10.5 Å². The molecule has 0 unspecified atom stereocenters. The van der Waals surface area contributed by atoms with Crippen molar-refractivity contribution in [2.45, 2.75) is 32.7 Å². The van der Waals surface area contributed by atoms with E-state index < -0.39 is 18.6 Å². The van der Waals surface area contributed by atoms with Gasteiger partial charge in [0.25, 0.3) is 5.91 Å². The van der Waals surface area contributed by atoms with Crippen LogP contribution >= 0.6 is 0 Å². The van der Waals surface area contributed by atoms with Crippen LogP contribution < -0.4 is 5.69 Å². The number of carbonyl (C=O) groups excluding carboxylic acids is 1. The Kier molecular flexibility index (Phi) is 3.49. The van der Waals surface area contributed by atoms with Crippen molar-refractivity contribution < 1.29 is 18.0 Å². The molecule has 2 aromatic heterocycles. The minimum atomic E-state index is -4.41. The summed E-state index contributed by atoms with van der Waals surface area (Å²) in [4.78, 5) is 25.3. The third kappa shape index (κ3) is 2.98. The lowest BCUT2D eigenvalue weighted by Gasteiger charge is -2.26. The minimum Gasteiger partial charge on any atom is -0.329 e. The van der Waals surface area contributed by atoms with Crippen LogP contribution in [0.25, 0.3) is 0 Å². The fourth-order valence-corrected chi connectivity index (χ4v) is 2.51. The molecular weight excluding hydrogens is 317 g/mol. The van der Waals surface area contributed by atoms with Gasteiger partial charge < -0.3 is 4.90 Å². The van der Waals surface area contributed by atoms with Crippen molar-refractivity contribution in [3.63, 3.8) is 0 Å². The summed E-state index contributed by atoms with van der Waals surface area (Å²) >= 11 is 0. The highest BCUT2D eigenvalue weighted by atomic mass is 19.4. The maximum Gasteiger partial charge on any atom is 0.408 e. The molecule has 0 saturated carbocycles. The highest BCUT2D eigenvalue weighted by Crippen LogP contribution is 2.19. The number of halogens is 3. The summed E-state index contributed by atoms with van der Waals surface area (Å²) in [5.41, 5.74) is -0.00824. The Morgan fingerprint density at radius 3 is 2.83 bits per heavy atom. The van der Waals surface area contributed by atoms with Gasteiger partial charge in [-0.15, -0.1) is 0 Å². The summed E-state index contributed by atoms with van der Waals surface area (Å²) in [6, 6.07) is 0. The molecule has 0 aromatic carbocycles. The van der Waals surface area contributed by atoms with Gasteiger partial charge in [0.2, 0.25) is 0 Å². The standard InChI is InChI=1S/C12H13F3N6O2/c1-7-8(4-20(18-7)6-12(13,14)15)10(22)19-2-3-21-9(5-19)16-17-11(21)23/h4H,2-3,5-6H2,1H3,(H,17,23). The van der Waals surface area contributed by atoms with Crippen LogP contribution in [0, 0.1) is 6.92 Å². The number of aromatic amines is 1. The van der Waals surface area contributed by atoms with E-state index in [9.17, 15) is 22.8 Å². The van der Waals surface area contributed by atoms with Crippen molar-refractivity contribution in [3.05, 3.63) is 33.8 Å². The summed E-state index contributed by atoms with van der Waals surface area (Å²) in [6.07, 6.45) is -3.31. The SMILES string of the molecule is Cc1nn(CC(F)(F)F)cc1C(=O)N1CCn2c(n[nH]c2=O)C1. The van der Waals surface area contributed by atoms with Crippen molar-refractivity contribution in [2.75, 3.05) is 6.54 Å². The Morgan fingerprint density at radius 1 is 1.39 bits per heavy atom. The van der Waals surface area contributed by atoms with Crippen LogP contribution in [0.4, 0.5) is 13.2 Å². The average Bonchev–Trinajstić information content (AvgIpc) is 2.99. The average molecular weight is 330 g/mol. The van der Waals surface area contributed by atoms with Crippen molar-refractivity contribution >= 4 is 5.91 Å². The highest BCUT2D eigenvalue weighted by Gasteiger charge is 2.31. The predicted molar refractivity (Wildman–Crippen MR) is 70.6 cm³/mol. The maximum absolute atomic E-state index is 12.5. The molecule has 3 rings (SSSR count). The largest absolute Gasteiger partial charge is 0.408 e. The van der Waals surface area contributed by atoms with Crippen LogP contribution in [0.15, 0.2) is 11.0 Å². The van der Waals surface area contributed by atoms with E-state index in [1.54, 1.807) is 0 Å². The van der Waals surface area contributed by atoms with Crippen LogP contribution in [0.2, 0.25) is 0 Å². The van der Waals surface area contributed by atoms with Crippen molar-refractivity contribution in [1.29, 1.82) is 0 Å². The van der Waals surface area contributed by atoms with Crippen LogP contribution in [0.1, 0.15) is 21.9 Å². The summed E-state index contributed by atoms with van der Waals surface area (Å²) in [5.74, 6) is -0.0208. The van der Waals surface area contributed by atoms with Crippen LogP contribution in [-0.2, 0) is 19.6 Å². The minimum absolute atomic E-state index is 0.112. The van der Waals surface area contributed by atoms with Gasteiger partial charge in [0.15, 0.2) is 5.82 Å². The number of amides is 1. The van der Waals surface area contributed by atoms with Gasteiger partial charge in [-0.25, -0.2) is 9.89 Å². The monoisotopic (exact) mass is 330 g/mol. The molecule has 0 spiro atoms. The molecule has 3 heterocycles. The van der Waals surface area contributed by atoms with Gasteiger partial charge in [0.05, 0.1) is 17.8 Å². The molecule has 0 aliphatic carbocycles. The number of nitrogens with one attached hydrogen (secondary N) is 1. The second kappa shape index (κ2) is 5.25. The summed E-state index contributed by atoms with van der Waals surface area (Å²) in [7, 11) is 0. The zero-order chi connectivity index (χ0) is 16.8. The van der Waals surface area contributed by atoms with Gasteiger partial charge in [-0.1, -0.05) is 0 Å². The number of hydrogen-bond donors (Lipinski definition) is 1.